The Morgan fingerprint density at radius 1 is 1.20 bits per heavy atom. The van der Waals surface area contributed by atoms with Gasteiger partial charge in [-0.05, 0) is 24.3 Å². The van der Waals surface area contributed by atoms with Gasteiger partial charge in [-0.3, -0.25) is 4.98 Å². The van der Waals surface area contributed by atoms with Crippen molar-refractivity contribution in [2.75, 3.05) is 26.3 Å². The van der Waals surface area contributed by atoms with Gasteiger partial charge in [-0.15, -0.1) is 0 Å². The van der Waals surface area contributed by atoms with Gasteiger partial charge in [0.15, 0.2) is 0 Å². The summed E-state index contributed by atoms with van der Waals surface area (Å²) in [5.41, 5.74) is 0.642. The molecule has 1 aromatic carbocycles. The number of ether oxygens (including phenoxy) is 1. The summed E-state index contributed by atoms with van der Waals surface area (Å²) >= 11 is 0. The lowest BCUT2D eigenvalue weighted by Crippen LogP contribution is -2.40. The zero-order valence-corrected chi connectivity index (χ0v) is 11.5. The van der Waals surface area contributed by atoms with Crippen LogP contribution in [0.5, 0.6) is 5.75 Å². The van der Waals surface area contributed by atoms with Gasteiger partial charge in [0, 0.05) is 18.5 Å². The Morgan fingerprint density at radius 2 is 1.95 bits per heavy atom. The maximum absolute atomic E-state index is 12.5. The molecule has 1 N–H and O–H groups in total. The highest BCUT2D eigenvalue weighted by Crippen LogP contribution is 2.23. The summed E-state index contributed by atoms with van der Waals surface area (Å²) in [4.78, 5) is 4.25. The average molecular weight is 294 g/mol. The van der Waals surface area contributed by atoms with E-state index in [1.807, 2.05) is 0 Å². The summed E-state index contributed by atoms with van der Waals surface area (Å²) in [7, 11) is -3.52. The summed E-state index contributed by atoms with van der Waals surface area (Å²) in [6.45, 7) is 1.54. The number of hydrogen-bond donors (Lipinski definition) is 1. The second-order valence-electron chi connectivity index (χ2n) is 4.56. The molecule has 0 amide bonds. The van der Waals surface area contributed by atoms with Crippen molar-refractivity contribution in [3.8, 4) is 5.75 Å². The molecule has 0 unspecified atom stereocenters. The molecular formula is C13H14N2O4S. The molecule has 3 rings (SSSR count). The number of morpholine rings is 1. The minimum absolute atomic E-state index is 0.0124. The first kappa shape index (κ1) is 13.3. The minimum Gasteiger partial charge on any atom is -0.506 e. The lowest BCUT2D eigenvalue weighted by molar-refractivity contribution is 0.0730. The molecular weight excluding hydrogens is 280 g/mol. The van der Waals surface area contributed by atoms with Gasteiger partial charge < -0.3 is 9.84 Å². The molecule has 1 fully saturated rings. The van der Waals surface area contributed by atoms with Gasteiger partial charge in [-0.1, -0.05) is 0 Å². The van der Waals surface area contributed by atoms with E-state index >= 15 is 0 Å². The third-order valence-corrected chi connectivity index (χ3v) is 5.14. The van der Waals surface area contributed by atoms with Crippen LogP contribution in [0, 0.1) is 0 Å². The largest absolute Gasteiger partial charge is 0.506 e. The Bertz CT molecular complexity index is 739. The lowest BCUT2D eigenvalue weighted by atomic mass is 10.2. The van der Waals surface area contributed by atoms with E-state index in [1.54, 1.807) is 6.07 Å². The van der Waals surface area contributed by atoms with E-state index in [4.69, 9.17) is 4.74 Å². The van der Waals surface area contributed by atoms with Crippen LogP contribution >= 0.6 is 0 Å². The molecule has 0 saturated carbocycles. The number of nitrogens with zero attached hydrogens (tertiary/aromatic N) is 2. The number of rotatable bonds is 2. The van der Waals surface area contributed by atoms with Crippen LogP contribution in [-0.4, -0.2) is 49.1 Å². The van der Waals surface area contributed by atoms with Gasteiger partial charge in [0.1, 0.15) is 5.75 Å². The molecule has 1 aliphatic rings. The molecule has 0 radical (unpaired) electrons. The van der Waals surface area contributed by atoms with E-state index in [2.05, 4.69) is 4.98 Å². The fourth-order valence-electron chi connectivity index (χ4n) is 2.19. The minimum atomic E-state index is -3.52. The van der Waals surface area contributed by atoms with Gasteiger partial charge in [0.05, 0.1) is 29.8 Å². The van der Waals surface area contributed by atoms with Crippen LogP contribution < -0.4 is 0 Å². The van der Waals surface area contributed by atoms with Crippen LogP contribution in [0.1, 0.15) is 0 Å². The molecule has 7 heteroatoms. The van der Waals surface area contributed by atoms with Crippen molar-refractivity contribution in [3.63, 3.8) is 0 Å². The smallest absolute Gasteiger partial charge is 0.243 e. The van der Waals surface area contributed by atoms with Crippen LogP contribution in [0.4, 0.5) is 0 Å². The standard InChI is InChI=1S/C13H14N2O4S/c16-11-7-10-8-12(1-2-13(10)14-9-11)20(17,18)15-3-5-19-6-4-15/h1-2,7-9,16H,3-6H2. The van der Waals surface area contributed by atoms with E-state index < -0.39 is 10.0 Å². The van der Waals surface area contributed by atoms with Gasteiger partial charge >= 0.3 is 0 Å². The summed E-state index contributed by atoms with van der Waals surface area (Å²) in [6, 6.07) is 6.22. The van der Waals surface area contributed by atoms with Gasteiger partial charge in [-0.2, -0.15) is 4.31 Å². The number of sulfonamides is 1. The van der Waals surface area contributed by atoms with Gasteiger partial charge in [0.25, 0.3) is 0 Å². The highest BCUT2D eigenvalue weighted by molar-refractivity contribution is 7.89. The van der Waals surface area contributed by atoms with E-state index in [9.17, 15) is 13.5 Å². The van der Waals surface area contributed by atoms with Crippen molar-refractivity contribution in [1.82, 2.24) is 9.29 Å². The maximum Gasteiger partial charge on any atom is 0.243 e. The first-order chi connectivity index (χ1) is 9.57. The number of fused-ring (bicyclic) bond motifs is 1. The van der Waals surface area contributed by atoms with E-state index in [-0.39, 0.29) is 10.6 Å². The molecule has 0 bridgehead atoms. The maximum atomic E-state index is 12.5. The average Bonchev–Trinajstić information content (AvgIpc) is 2.47. The lowest BCUT2D eigenvalue weighted by Gasteiger charge is -2.26. The Morgan fingerprint density at radius 3 is 2.70 bits per heavy atom. The Labute approximate surface area is 116 Å². The van der Waals surface area contributed by atoms with Crippen LogP contribution in [0.25, 0.3) is 10.9 Å². The second-order valence-corrected chi connectivity index (χ2v) is 6.50. The van der Waals surface area contributed by atoms with Crippen molar-refractivity contribution in [1.29, 1.82) is 0 Å². The Kier molecular flexibility index (Phi) is 3.33. The van der Waals surface area contributed by atoms with Gasteiger partial charge in [-0.25, -0.2) is 8.42 Å². The zero-order chi connectivity index (χ0) is 14.2. The SMILES string of the molecule is O=S(=O)(c1ccc2ncc(O)cc2c1)N1CCOCC1. The Balaban J connectivity index is 2.04. The third kappa shape index (κ3) is 2.35. The summed E-state index contributed by atoms with van der Waals surface area (Å²) < 4.78 is 31.6. The highest BCUT2D eigenvalue weighted by atomic mass is 32.2. The fraction of sp³-hybridized carbons (Fsp3) is 0.308. The van der Waals surface area contributed by atoms with Crippen molar-refractivity contribution in [2.24, 2.45) is 0 Å². The molecule has 0 atom stereocenters. The first-order valence-corrected chi connectivity index (χ1v) is 7.68. The summed E-state index contributed by atoms with van der Waals surface area (Å²) in [5, 5.41) is 10.0. The molecule has 1 aliphatic heterocycles. The molecule has 106 valence electrons. The number of pyridine rings is 1. The summed E-state index contributed by atoms with van der Waals surface area (Å²) in [5.74, 6) is 0.0124. The summed E-state index contributed by atoms with van der Waals surface area (Å²) in [6.07, 6.45) is 1.33. The number of aromatic nitrogens is 1. The van der Waals surface area contributed by atoms with Crippen LogP contribution in [0.15, 0.2) is 35.4 Å². The van der Waals surface area contributed by atoms with Crippen LogP contribution in [0.3, 0.4) is 0 Å². The fourth-order valence-corrected chi connectivity index (χ4v) is 3.64. The van der Waals surface area contributed by atoms with Crippen LogP contribution in [0.2, 0.25) is 0 Å². The highest BCUT2D eigenvalue weighted by Gasteiger charge is 2.26. The number of hydrogen-bond acceptors (Lipinski definition) is 5. The zero-order valence-electron chi connectivity index (χ0n) is 10.7. The molecule has 6 nitrogen and oxygen atoms in total. The predicted molar refractivity (Wildman–Crippen MR) is 73.0 cm³/mol. The van der Waals surface area contributed by atoms with Gasteiger partial charge in [0.2, 0.25) is 10.0 Å². The molecule has 20 heavy (non-hydrogen) atoms. The molecule has 2 heterocycles. The normalized spacial score (nSPS) is 17.4. The molecule has 2 aromatic rings. The van der Waals surface area contributed by atoms with Crippen LogP contribution in [-0.2, 0) is 14.8 Å². The molecule has 1 aromatic heterocycles. The van der Waals surface area contributed by atoms with Crippen molar-refractivity contribution in [2.45, 2.75) is 4.90 Å². The van der Waals surface area contributed by atoms with Crippen molar-refractivity contribution < 1.29 is 18.3 Å². The van der Waals surface area contributed by atoms with Crippen molar-refractivity contribution >= 4 is 20.9 Å². The molecule has 0 spiro atoms. The van der Waals surface area contributed by atoms with E-state index in [0.717, 1.165) is 0 Å². The monoisotopic (exact) mass is 294 g/mol. The second kappa shape index (κ2) is 5.01. The number of benzene rings is 1. The Hall–Kier alpha value is -1.70. The molecule has 0 aliphatic carbocycles. The van der Waals surface area contributed by atoms with E-state index in [1.165, 1.54) is 28.7 Å². The predicted octanol–water partition coefficient (Wildman–Crippen LogP) is 0.961. The van der Waals surface area contributed by atoms with E-state index in [0.29, 0.717) is 37.2 Å². The first-order valence-electron chi connectivity index (χ1n) is 6.24. The third-order valence-electron chi connectivity index (χ3n) is 3.25. The van der Waals surface area contributed by atoms with Crippen molar-refractivity contribution in [3.05, 3.63) is 30.5 Å². The molecule has 1 saturated heterocycles. The quantitative estimate of drug-likeness (QED) is 0.892. The topological polar surface area (TPSA) is 79.7 Å². The number of aromatic hydroxyl groups is 1.